The molecule has 0 N–H and O–H groups in total. The molecule has 0 aliphatic heterocycles. The van der Waals surface area contributed by atoms with Crippen molar-refractivity contribution in [2.45, 2.75) is 58.1 Å². The normalized spacial score (nSPS) is 27.3. The Morgan fingerprint density at radius 1 is 1.33 bits per heavy atom. The van der Waals surface area contributed by atoms with Crippen molar-refractivity contribution >= 4 is 9.84 Å². The van der Waals surface area contributed by atoms with Gasteiger partial charge < -0.3 is 4.74 Å². The van der Waals surface area contributed by atoms with Crippen molar-refractivity contribution in [3.05, 3.63) is 0 Å². The van der Waals surface area contributed by atoms with E-state index in [0.29, 0.717) is 31.8 Å². The van der Waals surface area contributed by atoms with Crippen LogP contribution >= 0.6 is 0 Å². The van der Waals surface area contributed by atoms with E-state index in [0.717, 1.165) is 12.8 Å². The predicted octanol–water partition coefficient (Wildman–Crippen LogP) is 3.18. The van der Waals surface area contributed by atoms with Crippen LogP contribution in [0, 0.1) is 28.6 Å². The van der Waals surface area contributed by atoms with Gasteiger partial charge in [-0.1, -0.05) is 27.2 Å². The lowest BCUT2D eigenvalue weighted by molar-refractivity contribution is 0.141. The molecule has 0 saturated heterocycles. The molecule has 0 aromatic carbocycles. The second-order valence-electron chi connectivity index (χ2n) is 6.84. The van der Waals surface area contributed by atoms with Gasteiger partial charge in [0.25, 0.3) is 0 Å². The van der Waals surface area contributed by atoms with Crippen molar-refractivity contribution in [1.82, 2.24) is 0 Å². The average Bonchev–Trinajstić information content (AvgIpc) is 2.46. The highest BCUT2D eigenvalue weighted by molar-refractivity contribution is 7.92. The minimum atomic E-state index is -3.22. The van der Waals surface area contributed by atoms with E-state index in [9.17, 15) is 13.7 Å². The second-order valence-corrected chi connectivity index (χ2v) is 9.18. The molecule has 0 radical (unpaired) electrons. The molecule has 1 aliphatic carbocycles. The van der Waals surface area contributed by atoms with Gasteiger partial charge in [0.1, 0.15) is 0 Å². The third-order valence-electron chi connectivity index (χ3n) is 5.21. The van der Waals surface area contributed by atoms with Gasteiger partial charge in [0.15, 0.2) is 9.84 Å². The van der Waals surface area contributed by atoms with E-state index in [1.807, 2.05) is 0 Å². The summed E-state index contributed by atoms with van der Waals surface area (Å²) in [4.78, 5) is 0. The zero-order chi connectivity index (χ0) is 16.1. The molecule has 1 saturated carbocycles. The van der Waals surface area contributed by atoms with Crippen molar-refractivity contribution in [2.75, 3.05) is 19.5 Å². The van der Waals surface area contributed by atoms with Crippen molar-refractivity contribution in [3.8, 4) is 6.07 Å². The number of hydrogen-bond donors (Lipinski definition) is 0. The summed E-state index contributed by atoms with van der Waals surface area (Å²) in [5, 5.41) is 8.81. The highest BCUT2D eigenvalue weighted by atomic mass is 32.2. The monoisotopic (exact) mass is 315 g/mol. The number of rotatable bonds is 7. The Hall–Kier alpha value is -0.600. The molecule has 0 heterocycles. The predicted molar refractivity (Wildman–Crippen MR) is 84.6 cm³/mol. The number of nitriles is 1. The Balaban J connectivity index is 2.87. The van der Waals surface area contributed by atoms with E-state index in [4.69, 9.17) is 4.74 Å². The van der Waals surface area contributed by atoms with E-state index in [-0.39, 0.29) is 17.1 Å². The van der Waals surface area contributed by atoms with Crippen LogP contribution in [0.15, 0.2) is 0 Å². The summed E-state index contributed by atoms with van der Waals surface area (Å²) in [6.07, 6.45) is 3.84. The third-order valence-corrected chi connectivity index (χ3v) is 7.51. The van der Waals surface area contributed by atoms with E-state index in [2.05, 4.69) is 26.8 Å². The molecule has 0 amide bonds. The van der Waals surface area contributed by atoms with Crippen LogP contribution in [0.2, 0.25) is 0 Å². The fraction of sp³-hybridized carbons (Fsp3) is 0.938. The molecule has 0 bridgehead atoms. The Morgan fingerprint density at radius 3 is 2.52 bits per heavy atom. The van der Waals surface area contributed by atoms with Crippen molar-refractivity contribution in [3.63, 3.8) is 0 Å². The highest BCUT2D eigenvalue weighted by Gasteiger charge is 2.42. The molecule has 1 rings (SSSR count). The summed E-state index contributed by atoms with van der Waals surface area (Å²) in [7, 11) is -1.65. The Labute approximate surface area is 129 Å². The van der Waals surface area contributed by atoms with Gasteiger partial charge in [-0.3, -0.25) is 0 Å². The molecule has 5 heteroatoms. The third kappa shape index (κ3) is 4.69. The Morgan fingerprint density at radius 2 is 2.00 bits per heavy atom. The maximum atomic E-state index is 12.6. The Kier molecular flexibility index (Phi) is 6.68. The number of ether oxygens (including phenoxy) is 1. The number of nitrogens with zero attached hydrogens (tertiary/aromatic N) is 1. The average molecular weight is 315 g/mol. The van der Waals surface area contributed by atoms with Gasteiger partial charge in [-0.2, -0.15) is 5.26 Å². The van der Waals surface area contributed by atoms with Crippen molar-refractivity contribution in [1.29, 1.82) is 5.26 Å². The lowest BCUT2D eigenvalue weighted by Gasteiger charge is -2.41. The minimum absolute atomic E-state index is 0.128. The van der Waals surface area contributed by atoms with E-state index in [1.54, 1.807) is 7.11 Å². The van der Waals surface area contributed by atoms with Gasteiger partial charge in [-0.15, -0.1) is 0 Å². The fourth-order valence-electron chi connectivity index (χ4n) is 3.23. The maximum Gasteiger partial charge on any atom is 0.154 e. The van der Waals surface area contributed by atoms with Gasteiger partial charge in [-0.05, 0) is 37.0 Å². The van der Waals surface area contributed by atoms with Crippen LogP contribution in [0.4, 0.5) is 0 Å². The van der Waals surface area contributed by atoms with Crippen LogP contribution < -0.4 is 0 Å². The van der Waals surface area contributed by atoms with Gasteiger partial charge in [0.2, 0.25) is 0 Å². The number of hydrogen-bond acceptors (Lipinski definition) is 4. The van der Waals surface area contributed by atoms with Gasteiger partial charge in [0.05, 0.1) is 23.0 Å². The zero-order valence-electron chi connectivity index (χ0n) is 13.8. The Bertz CT molecular complexity index is 464. The van der Waals surface area contributed by atoms with Crippen LogP contribution in [-0.2, 0) is 14.6 Å². The lowest BCUT2D eigenvalue weighted by Crippen LogP contribution is -2.41. The largest absolute Gasteiger partial charge is 0.385 e. The summed E-state index contributed by atoms with van der Waals surface area (Å²) in [6, 6.07) is 2.23. The van der Waals surface area contributed by atoms with E-state index < -0.39 is 15.1 Å². The maximum absolute atomic E-state index is 12.6. The quantitative estimate of drug-likeness (QED) is 0.677. The molecule has 21 heavy (non-hydrogen) atoms. The molecule has 4 nitrogen and oxygen atoms in total. The summed E-state index contributed by atoms with van der Waals surface area (Å²) in [5.74, 6) is 0.166. The SMILES string of the molecule is CCC(C)(C)C1CCC(C#N)C(S(=O)(=O)CCCOC)C1. The van der Waals surface area contributed by atoms with Gasteiger partial charge in [0, 0.05) is 13.7 Å². The first-order valence-electron chi connectivity index (χ1n) is 7.88. The molecule has 122 valence electrons. The van der Waals surface area contributed by atoms with Crippen LogP contribution in [0.25, 0.3) is 0 Å². The summed E-state index contributed by atoms with van der Waals surface area (Å²) < 4.78 is 30.1. The lowest BCUT2D eigenvalue weighted by atomic mass is 9.67. The van der Waals surface area contributed by atoms with Crippen LogP contribution in [0.3, 0.4) is 0 Å². The summed E-state index contributed by atoms with van der Waals surface area (Å²) in [5.41, 5.74) is 0.140. The zero-order valence-corrected chi connectivity index (χ0v) is 14.6. The summed E-state index contributed by atoms with van der Waals surface area (Å²) in [6.45, 7) is 7.02. The van der Waals surface area contributed by atoms with Crippen LogP contribution in [0.1, 0.15) is 52.9 Å². The molecular weight excluding hydrogens is 286 g/mol. The first kappa shape index (κ1) is 18.4. The topological polar surface area (TPSA) is 67.2 Å². The highest BCUT2D eigenvalue weighted by Crippen LogP contribution is 2.44. The van der Waals surface area contributed by atoms with E-state index in [1.165, 1.54) is 0 Å². The molecule has 1 fully saturated rings. The molecule has 3 unspecified atom stereocenters. The first-order valence-corrected chi connectivity index (χ1v) is 9.60. The molecule has 0 aromatic rings. The minimum Gasteiger partial charge on any atom is -0.385 e. The fourth-order valence-corrected chi connectivity index (χ4v) is 5.27. The summed E-state index contributed by atoms with van der Waals surface area (Å²) >= 11 is 0. The molecule has 1 aliphatic rings. The molecule has 3 atom stereocenters. The van der Waals surface area contributed by atoms with Gasteiger partial charge >= 0.3 is 0 Å². The van der Waals surface area contributed by atoms with E-state index >= 15 is 0 Å². The number of sulfone groups is 1. The van der Waals surface area contributed by atoms with Crippen LogP contribution in [0.5, 0.6) is 0 Å². The first-order chi connectivity index (χ1) is 9.78. The second kappa shape index (κ2) is 7.60. The van der Waals surface area contributed by atoms with Crippen molar-refractivity contribution in [2.24, 2.45) is 17.3 Å². The smallest absolute Gasteiger partial charge is 0.154 e. The van der Waals surface area contributed by atoms with Gasteiger partial charge in [-0.25, -0.2) is 8.42 Å². The molecular formula is C16H29NO3S. The van der Waals surface area contributed by atoms with Crippen molar-refractivity contribution < 1.29 is 13.2 Å². The van der Waals surface area contributed by atoms with Crippen LogP contribution in [-0.4, -0.2) is 33.1 Å². The molecule has 0 aromatic heterocycles. The number of methoxy groups -OCH3 is 1. The molecule has 0 spiro atoms. The standard InChI is InChI=1S/C16H29NO3S/c1-5-16(2,3)14-8-7-13(12-17)15(11-14)21(18,19)10-6-9-20-4/h13-15H,5-11H2,1-4H3.